The minimum absolute atomic E-state index is 0.313. The van der Waals surface area contributed by atoms with E-state index < -0.39 is 5.97 Å². The highest BCUT2D eigenvalue weighted by Gasteiger charge is 2.21. The zero-order valence-electron chi connectivity index (χ0n) is 9.08. The number of nitrogens with zero attached hydrogens (tertiary/aromatic N) is 1. The van der Waals surface area contributed by atoms with E-state index in [1.54, 1.807) is 0 Å². The minimum Gasteiger partial charge on any atom is -0.480 e. The first-order valence-electron chi connectivity index (χ1n) is 4.92. The van der Waals surface area contributed by atoms with Gasteiger partial charge in [0.25, 0.3) is 0 Å². The van der Waals surface area contributed by atoms with E-state index in [0.29, 0.717) is 5.92 Å². The first kappa shape index (κ1) is 12.4. The molecule has 0 rings (SSSR count). The van der Waals surface area contributed by atoms with E-state index >= 15 is 0 Å². The van der Waals surface area contributed by atoms with E-state index in [0.717, 1.165) is 19.4 Å². The average molecular weight is 187 g/mol. The van der Waals surface area contributed by atoms with E-state index in [2.05, 4.69) is 13.8 Å². The quantitative estimate of drug-likeness (QED) is 0.689. The molecule has 0 amide bonds. The highest BCUT2D eigenvalue weighted by molar-refractivity contribution is 5.73. The zero-order valence-corrected chi connectivity index (χ0v) is 9.08. The molecule has 78 valence electrons. The van der Waals surface area contributed by atoms with Crippen LogP contribution in [0.5, 0.6) is 0 Å². The van der Waals surface area contributed by atoms with Crippen LogP contribution in [-0.2, 0) is 4.79 Å². The van der Waals surface area contributed by atoms with Crippen LogP contribution in [0.1, 0.15) is 33.6 Å². The third-order valence-corrected chi connectivity index (χ3v) is 2.03. The number of likely N-dealkylation sites (N-methyl/N-ethyl adjacent to an activating group) is 1. The van der Waals surface area contributed by atoms with Crippen molar-refractivity contribution in [1.29, 1.82) is 0 Å². The van der Waals surface area contributed by atoms with Crippen LogP contribution in [0.2, 0.25) is 0 Å². The van der Waals surface area contributed by atoms with Gasteiger partial charge in [-0.1, -0.05) is 27.2 Å². The molecule has 0 aliphatic heterocycles. The van der Waals surface area contributed by atoms with E-state index in [4.69, 9.17) is 5.11 Å². The Balaban J connectivity index is 4.10. The number of hydrogen-bond donors (Lipinski definition) is 1. The number of carboxylic acids is 1. The van der Waals surface area contributed by atoms with Gasteiger partial charge in [-0.2, -0.15) is 0 Å². The van der Waals surface area contributed by atoms with Gasteiger partial charge < -0.3 is 5.11 Å². The molecule has 0 fully saturated rings. The molecule has 0 aliphatic carbocycles. The summed E-state index contributed by atoms with van der Waals surface area (Å²) in [5, 5.41) is 8.95. The summed E-state index contributed by atoms with van der Waals surface area (Å²) in [6, 6.07) is -0.313. The second kappa shape index (κ2) is 5.97. The highest BCUT2D eigenvalue weighted by atomic mass is 16.4. The largest absolute Gasteiger partial charge is 0.480 e. The Labute approximate surface area is 80.7 Å². The van der Waals surface area contributed by atoms with Crippen molar-refractivity contribution in [2.75, 3.05) is 13.6 Å². The molecule has 0 saturated heterocycles. The molecule has 1 unspecified atom stereocenters. The maximum atomic E-state index is 10.9. The fourth-order valence-electron chi connectivity index (χ4n) is 1.51. The molecule has 3 nitrogen and oxygen atoms in total. The summed E-state index contributed by atoms with van der Waals surface area (Å²) in [6.45, 7) is 7.05. The lowest BCUT2D eigenvalue weighted by Crippen LogP contribution is -2.40. The predicted octanol–water partition coefficient (Wildman–Crippen LogP) is 1.83. The molecule has 0 aliphatic rings. The van der Waals surface area contributed by atoms with Crippen molar-refractivity contribution in [3.63, 3.8) is 0 Å². The Morgan fingerprint density at radius 3 is 2.31 bits per heavy atom. The summed E-state index contributed by atoms with van der Waals surface area (Å²) in [4.78, 5) is 12.8. The molecule has 3 heteroatoms. The van der Waals surface area contributed by atoms with Crippen LogP contribution in [0.3, 0.4) is 0 Å². The summed E-state index contributed by atoms with van der Waals surface area (Å²) >= 11 is 0. The number of rotatable bonds is 6. The fourth-order valence-corrected chi connectivity index (χ4v) is 1.51. The Morgan fingerprint density at radius 1 is 1.46 bits per heavy atom. The second-order valence-corrected chi connectivity index (χ2v) is 3.98. The smallest absolute Gasteiger partial charge is 0.320 e. The van der Waals surface area contributed by atoms with Gasteiger partial charge in [-0.15, -0.1) is 0 Å². The topological polar surface area (TPSA) is 40.5 Å². The minimum atomic E-state index is -0.704. The summed E-state index contributed by atoms with van der Waals surface area (Å²) in [5.74, 6) is -0.186. The van der Waals surface area contributed by atoms with Crippen LogP contribution >= 0.6 is 0 Å². The van der Waals surface area contributed by atoms with Crippen molar-refractivity contribution in [2.24, 2.45) is 5.92 Å². The summed E-state index contributed by atoms with van der Waals surface area (Å²) < 4.78 is 0. The SMILES string of the molecule is CCCC(C(=O)O)N(C)CC(C)C. The maximum Gasteiger partial charge on any atom is 0.320 e. The van der Waals surface area contributed by atoms with Gasteiger partial charge in [-0.25, -0.2) is 0 Å². The molecule has 1 atom stereocenters. The van der Waals surface area contributed by atoms with Crippen LogP contribution in [0.15, 0.2) is 0 Å². The van der Waals surface area contributed by atoms with Gasteiger partial charge in [0.2, 0.25) is 0 Å². The Kier molecular flexibility index (Phi) is 5.71. The lowest BCUT2D eigenvalue weighted by atomic mass is 10.1. The van der Waals surface area contributed by atoms with Crippen molar-refractivity contribution in [2.45, 2.75) is 39.7 Å². The van der Waals surface area contributed by atoms with Crippen LogP contribution in [0.4, 0.5) is 0 Å². The molecule has 0 radical (unpaired) electrons. The summed E-state index contributed by atoms with van der Waals surface area (Å²) in [7, 11) is 1.88. The Bertz CT molecular complexity index is 157. The van der Waals surface area contributed by atoms with E-state index in [-0.39, 0.29) is 6.04 Å². The molecule has 0 aromatic carbocycles. The normalized spacial score (nSPS) is 13.7. The van der Waals surface area contributed by atoms with Crippen LogP contribution in [-0.4, -0.2) is 35.6 Å². The maximum absolute atomic E-state index is 10.9. The van der Waals surface area contributed by atoms with Crippen LogP contribution in [0.25, 0.3) is 0 Å². The van der Waals surface area contributed by atoms with Gasteiger partial charge in [0.15, 0.2) is 0 Å². The Morgan fingerprint density at radius 2 is 2.00 bits per heavy atom. The molecular formula is C10H21NO2. The summed E-state index contributed by atoms with van der Waals surface area (Å²) in [6.07, 6.45) is 1.65. The number of hydrogen-bond acceptors (Lipinski definition) is 2. The van der Waals surface area contributed by atoms with Crippen LogP contribution < -0.4 is 0 Å². The van der Waals surface area contributed by atoms with Crippen molar-refractivity contribution in [1.82, 2.24) is 4.90 Å². The number of carbonyl (C=O) groups is 1. The van der Waals surface area contributed by atoms with Gasteiger partial charge in [0, 0.05) is 6.54 Å². The van der Waals surface area contributed by atoms with Crippen molar-refractivity contribution in [3.05, 3.63) is 0 Å². The lowest BCUT2D eigenvalue weighted by Gasteiger charge is -2.25. The first-order valence-corrected chi connectivity index (χ1v) is 4.92. The number of aliphatic carboxylic acids is 1. The standard InChI is InChI=1S/C10H21NO2/c1-5-6-9(10(12)13)11(4)7-8(2)3/h8-9H,5-7H2,1-4H3,(H,12,13). The molecule has 0 spiro atoms. The second-order valence-electron chi connectivity index (χ2n) is 3.98. The van der Waals surface area contributed by atoms with E-state index in [9.17, 15) is 4.79 Å². The fraction of sp³-hybridized carbons (Fsp3) is 0.900. The molecule has 1 N–H and O–H groups in total. The predicted molar refractivity (Wildman–Crippen MR) is 53.8 cm³/mol. The molecule has 0 aromatic heterocycles. The first-order chi connectivity index (χ1) is 5.99. The molecule has 0 bridgehead atoms. The zero-order chi connectivity index (χ0) is 10.4. The van der Waals surface area contributed by atoms with E-state index in [1.807, 2.05) is 18.9 Å². The molecule has 0 heterocycles. The van der Waals surface area contributed by atoms with Gasteiger partial charge in [-0.05, 0) is 19.4 Å². The lowest BCUT2D eigenvalue weighted by molar-refractivity contribution is -0.143. The summed E-state index contributed by atoms with van der Waals surface area (Å²) in [5.41, 5.74) is 0. The third kappa shape index (κ3) is 4.88. The highest BCUT2D eigenvalue weighted by Crippen LogP contribution is 2.07. The monoisotopic (exact) mass is 187 g/mol. The Hall–Kier alpha value is -0.570. The van der Waals surface area contributed by atoms with Gasteiger partial charge >= 0.3 is 5.97 Å². The molecule has 0 aromatic rings. The molecule has 13 heavy (non-hydrogen) atoms. The van der Waals surface area contributed by atoms with Crippen LogP contribution in [0, 0.1) is 5.92 Å². The molecule has 0 saturated carbocycles. The van der Waals surface area contributed by atoms with Gasteiger partial charge in [0.05, 0.1) is 0 Å². The average Bonchev–Trinajstić information content (AvgIpc) is 1.97. The van der Waals surface area contributed by atoms with Gasteiger partial charge in [-0.3, -0.25) is 9.69 Å². The van der Waals surface area contributed by atoms with Gasteiger partial charge in [0.1, 0.15) is 6.04 Å². The number of carboxylic acid groups (broad SMARTS) is 1. The third-order valence-electron chi connectivity index (χ3n) is 2.03. The van der Waals surface area contributed by atoms with Crippen molar-refractivity contribution in [3.8, 4) is 0 Å². The van der Waals surface area contributed by atoms with Crippen molar-refractivity contribution < 1.29 is 9.90 Å². The van der Waals surface area contributed by atoms with E-state index in [1.165, 1.54) is 0 Å². The van der Waals surface area contributed by atoms with Crippen molar-refractivity contribution >= 4 is 5.97 Å². The molecular weight excluding hydrogens is 166 g/mol.